The molecule has 1 unspecified atom stereocenters. The molecule has 0 aliphatic carbocycles. The zero-order valence-corrected chi connectivity index (χ0v) is 24.0. The summed E-state index contributed by atoms with van der Waals surface area (Å²) in [6.07, 6.45) is 18.4. The molecule has 1 atom stereocenters. The average Bonchev–Trinajstić information content (AvgIpc) is 2.88. The first-order chi connectivity index (χ1) is 16.4. The van der Waals surface area contributed by atoms with E-state index in [-0.39, 0.29) is 5.60 Å². The summed E-state index contributed by atoms with van der Waals surface area (Å²) in [5.74, 6) is 1.50. The van der Waals surface area contributed by atoms with Gasteiger partial charge in [-0.05, 0) is 91.2 Å². The lowest BCUT2D eigenvalue weighted by molar-refractivity contribution is 0.0521. The van der Waals surface area contributed by atoms with Gasteiger partial charge >= 0.3 is 0 Å². The summed E-state index contributed by atoms with van der Waals surface area (Å²) in [6.45, 7) is 10.7. The van der Waals surface area contributed by atoms with Gasteiger partial charge in [0.15, 0.2) is 0 Å². The lowest BCUT2D eigenvalue weighted by Gasteiger charge is -2.38. The highest BCUT2D eigenvalue weighted by Gasteiger charge is 2.34. The van der Waals surface area contributed by atoms with Crippen LogP contribution in [0.15, 0.2) is 0 Å². The Kier molecular flexibility index (Phi) is 21.6. The number of unbranched alkanes of at least 4 members (excludes halogenated alkanes) is 10. The standard InChI is InChI=1S/C26H44O2.3CH5N/c1-6-7-8-9-10-11-12-13-14-15-16-18-26(5)19-17-23-22(4)24(27)20(2)21(3)25(23)28-26;3*1-2/h27H,6-19H2,1-5H3;3*2H2,1H3. The van der Waals surface area contributed by atoms with Gasteiger partial charge in [-0.3, -0.25) is 0 Å². The predicted octanol–water partition coefficient (Wildman–Crippen LogP) is 6.83. The van der Waals surface area contributed by atoms with Crippen LogP contribution in [0, 0.1) is 20.8 Å². The van der Waals surface area contributed by atoms with Crippen molar-refractivity contribution in [2.45, 2.75) is 130 Å². The molecule has 202 valence electrons. The number of phenols is 1. The summed E-state index contributed by atoms with van der Waals surface area (Å²) >= 11 is 0. The Labute approximate surface area is 212 Å². The van der Waals surface area contributed by atoms with Crippen molar-refractivity contribution in [1.29, 1.82) is 0 Å². The van der Waals surface area contributed by atoms with Crippen molar-refractivity contribution in [3.8, 4) is 11.5 Å². The minimum Gasteiger partial charge on any atom is -0.507 e. The lowest BCUT2D eigenvalue weighted by Crippen LogP contribution is -2.37. The van der Waals surface area contributed by atoms with Gasteiger partial charge in [-0.1, -0.05) is 71.1 Å². The van der Waals surface area contributed by atoms with Gasteiger partial charge in [0.25, 0.3) is 0 Å². The number of benzene rings is 1. The molecule has 0 bridgehead atoms. The van der Waals surface area contributed by atoms with E-state index in [4.69, 9.17) is 4.74 Å². The number of phenolic OH excluding ortho intramolecular Hbond substituents is 1. The van der Waals surface area contributed by atoms with Gasteiger partial charge in [0.1, 0.15) is 17.1 Å². The van der Waals surface area contributed by atoms with Crippen molar-refractivity contribution < 1.29 is 9.84 Å². The second-order valence-corrected chi connectivity index (χ2v) is 9.37. The third-order valence-electron chi connectivity index (χ3n) is 6.90. The third kappa shape index (κ3) is 11.9. The molecule has 5 heteroatoms. The van der Waals surface area contributed by atoms with Gasteiger partial charge in [0, 0.05) is 5.56 Å². The molecule has 1 heterocycles. The molecule has 1 aliphatic heterocycles. The Bertz CT molecular complexity index is 635. The molecule has 0 spiro atoms. The maximum Gasteiger partial charge on any atom is 0.127 e. The summed E-state index contributed by atoms with van der Waals surface area (Å²) < 4.78 is 6.55. The van der Waals surface area contributed by atoms with Crippen LogP contribution in [0.25, 0.3) is 0 Å². The molecule has 0 saturated heterocycles. The number of aromatic hydroxyl groups is 1. The highest BCUT2D eigenvalue weighted by atomic mass is 16.5. The van der Waals surface area contributed by atoms with Crippen molar-refractivity contribution in [3.05, 3.63) is 22.3 Å². The zero-order valence-electron chi connectivity index (χ0n) is 24.0. The largest absolute Gasteiger partial charge is 0.507 e. The quantitative estimate of drug-likeness (QED) is 0.245. The molecule has 0 radical (unpaired) electrons. The average molecular weight is 482 g/mol. The van der Waals surface area contributed by atoms with E-state index in [9.17, 15) is 5.11 Å². The van der Waals surface area contributed by atoms with E-state index in [1.54, 1.807) is 0 Å². The highest BCUT2D eigenvalue weighted by molar-refractivity contribution is 5.58. The molecule has 1 aliphatic rings. The molecule has 5 nitrogen and oxygen atoms in total. The first kappa shape index (κ1) is 34.9. The monoisotopic (exact) mass is 481 g/mol. The molecule has 0 fully saturated rings. The van der Waals surface area contributed by atoms with E-state index in [1.165, 1.54) is 97.3 Å². The minimum absolute atomic E-state index is 0.0487. The van der Waals surface area contributed by atoms with Crippen LogP contribution in [0.4, 0.5) is 0 Å². The van der Waals surface area contributed by atoms with Crippen molar-refractivity contribution >= 4 is 0 Å². The van der Waals surface area contributed by atoms with E-state index in [2.05, 4.69) is 38.0 Å². The fraction of sp³-hybridized carbons (Fsp3) is 0.793. The van der Waals surface area contributed by atoms with Gasteiger partial charge in [0.05, 0.1) is 0 Å². The van der Waals surface area contributed by atoms with Crippen LogP contribution >= 0.6 is 0 Å². The van der Waals surface area contributed by atoms with Crippen LogP contribution in [0.2, 0.25) is 0 Å². The number of hydrogen-bond acceptors (Lipinski definition) is 5. The maximum atomic E-state index is 10.3. The van der Waals surface area contributed by atoms with E-state index >= 15 is 0 Å². The molecule has 1 aromatic rings. The van der Waals surface area contributed by atoms with Crippen molar-refractivity contribution in [3.63, 3.8) is 0 Å². The topological polar surface area (TPSA) is 108 Å². The highest BCUT2D eigenvalue weighted by Crippen LogP contribution is 2.44. The molecular weight excluding hydrogens is 422 g/mol. The second kappa shape index (κ2) is 21.0. The van der Waals surface area contributed by atoms with Gasteiger partial charge in [-0.2, -0.15) is 0 Å². The Balaban J connectivity index is 0. The van der Waals surface area contributed by atoms with Crippen LogP contribution in [0.3, 0.4) is 0 Å². The molecular formula is C29H59N3O2. The molecule has 7 N–H and O–H groups in total. The van der Waals surface area contributed by atoms with Gasteiger partial charge < -0.3 is 27.0 Å². The zero-order chi connectivity index (χ0) is 26.6. The number of hydrogen-bond donors (Lipinski definition) is 4. The number of nitrogens with two attached hydrogens (primary N) is 3. The van der Waals surface area contributed by atoms with Crippen LogP contribution < -0.4 is 21.9 Å². The second-order valence-electron chi connectivity index (χ2n) is 9.37. The summed E-state index contributed by atoms with van der Waals surface area (Å²) in [4.78, 5) is 0. The molecule has 0 saturated carbocycles. The number of rotatable bonds is 12. The Morgan fingerprint density at radius 2 is 1.15 bits per heavy atom. The van der Waals surface area contributed by atoms with Crippen LogP contribution in [-0.4, -0.2) is 31.9 Å². The maximum absolute atomic E-state index is 10.3. The lowest BCUT2D eigenvalue weighted by atomic mass is 9.84. The fourth-order valence-corrected chi connectivity index (χ4v) is 4.63. The fourth-order valence-electron chi connectivity index (χ4n) is 4.63. The SMILES string of the molecule is CCCCCCCCCCCCCC1(C)CCc2c(C)c(O)c(C)c(C)c2O1.CN.CN.CN. The Hall–Kier alpha value is -1.30. The summed E-state index contributed by atoms with van der Waals surface area (Å²) in [5.41, 5.74) is 17.8. The van der Waals surface area contributed by atoms with E-state index < -0.39 is 0 Å². The van der Waals surface area contributed by atoms with Crippen molar-refractivity contribution in [2.24, 2.45) is 17.2 Å². The molecule has 0 aromatic heterocycles. The Morgan fingerprint density at radius 3 is 1.62 bits per heavy atom. The summed E-state index contributed by atoms with van der Waals surface area (Å²) in [5, 5.41) is 10.3. The van der Waals surface area contributed by atoms with E-state index in [0.29, 0.717) is 5.75 Å². The first-order valence-electron chi connectivity index (χ1n) is 13.6. The predicted molar refractivity (Wildman–Crippen MR) is 151 cm³/mol. The number of ether oxygens (including phenoxy) is 1. The first-order valence-corrected chi connectivity index (χ1v) is 13.6. The van der Waals surface area contributed by atoms with Gasteiger partial charge in [0.2, 0.25) is 0 Å². The minimum atomic E-state index is -0.0487. The smallest absolute Gasteiger partial charge is 0.127 e. The molecule has 1 aromatic carbocycles. The summed E-state index contributed by atoms with van der Waals surface area (Å²) in [6, 6.07) is 0. The van der Waals surface area contributed by atoms with Crippen molar-refractivity contribution in [2.75, 3.05) is 21.1 Å². The van der Waals surface area contributed by atoms with Crippen LogP contribution in [0.1, 0.15) is 120 Å². The van der Waals surface area contributed by atoms with E-state index in [1.807, 2.05) is 13.8 Å². The third-order valence-corrected chi connectivity index (χ3v) is 6.90. The van der Waals surface area contributed by atoms with E-state index in [0.717, 1.165) is 41.7 Å². The van der Waals surface area contributed by atoms with Crippen molar-refractivity contribution in [1.82, 2.24) is 0 Å². The molecule has 34 heavy (non-hydrogen) atoms. The van der Waals surface area contributed by atoms with Crippen LogP contribution in [0.5, 0.6) is 11.5 Å². The Morgan fingerprint density at radius 1 is 0.706 bits per heavy atom. The number of fused-ring (bicyclic) bond motifs is 1. The van der Waals surface area contributed by atoms with Gasteiger partial charge in [-0.15, -0.1) is 0 Å². The molecule has 2 rings (SSSR count). The van der Waals surface area contributed by atoms with Gasteiger partial charge in [-0.25, -0.2) is 0 Å². The summed E-state index contributed by atoms with van der Waals surface area (Å²) in [7, 11) is 4.50. The normalized spacial score (nSPS) is 16.0. The van der Waals surface area contributed by atoms with Crippen LogP contribution in [-0.2, 0) is 6.42 Å². The molecule has 0 amide bonds.